The molecular weight excluding hydrogens is 1270 g/mol. The van der Waals surface area contributed by atoms with Gasteiger partial charge in [-0.15, -0.1) is 7.92 Å². The van der Waals surface area contributed by atoms with Crippen LogP contribution in [0.1, 0.15) is 136 Å². The maximum Gasteiger partial charge on any atom is 0.0255 e. The van der Waals surface area contributed by atoms with E-state index in [2.05, 4.69) is 126 Å². The first-order valence-corrected chi connectivity index (χ1v) is 33.8. The molecule has 0 atom stereocenters. The zero-order chi connectivity index (χ0) is 51.0. The number of aryl methyl sites for hydroxylation is 2. The van der Waals surface area contributed by atoms with Gasteiger partial charge in [0.2, 0.25) is 0 Å². The molecular formula is C62H93NP4Pt2+4. The Morgan fingerprint density at radius 1 is 0.493 bits per heavy atom. The number of benzene rings is 4. The molecule has 0 bridgehead atoms. The first kappa shape index (κ1) is 73.9. The Hall–Kier alpha value is -1.60. The van der Waals surface area contributed by atoms with E-state index >= 15 is 0 Å². The van der Waals surface area contributed by atoms with Crippen molar-refractivity contribution in [1.29, 1.82) is 0 Å². The topological polar surface area (TPSA) is 4.44 Å². The van der Waals surface area contributed by atoms with Crippen molar-refractivity contribution in [2.75, 3.05) is 80.5 Å². The minimum Gasteiger partial charge on any atom is -0.0581 e. The maximum atomic E-state index is 7.33. The number of fused-ring (bicyclic) bond motifs is 3. The normalized spacial score (nSPS) is 11.0. The van der Waals surface area contributed by atoms with Gasteiger partial charge in [0.1, 0.15) is 0 Å². The Balaban J connectivity index is -0.000000379. The number of nitrogens with one attached hydrogen (secondary N) is 1. The smallest absolute Gasteiger partial charge is 0.0255 e. The molecule has 0 aliphatic carbocycles. The van der Waals surface area contributed by atoms with Gasteiger partial charge in [-0.3, -0.25) is 0 Å². The maximum absolute atomic E-state index is 7.33. The van der Waals surface area contributed by atoms with E-state index in [0.717, 1.165) is 39.9 Å². The molecule has 4 aromatic rings. The van der Waals surface area contributed by atoms with Crippen molar-refractivity contribution in [2.45, 2.75) is 117 Å². The monoisotopic (exact) mass is 1370 g/mol. The molecule has 0 aromatic heterocycles. The third kappa shape index (κ3) is 32.3. The fraction of sp³-hybridized carbons (Fsp3) is 0.484. The summed E-state index contributed by atoms with van der Waals surface area (Å²) in [5, 5.41) is 0. The van der Waals surface area contributed by atoms with Crippen molar-refractivity contribution in [2.24, 2.45) is 0 Å². The minimum absolute atomic E-state index is 0. The third-order valence-electron chi connectivity index (χ3n) is 12.3. The molecule has 0 fully saturated rings. The number of unbranched alkanes of at least 4 members (excludes halogenated alkanes) is 1. The van der Waals surface area contributed by atoms with E-state index < -0.39 is 0 Å². The molecule has 0 spiro atoms. The molecule has 1 aliphatic rings. The van der Waals surface area contributed by atoms with Crippen LogP contribution in [0.15, 0.2) is 84.9 Å². The second kappa shape index (κ2) is 48.7. The van der Waals surface area contributed by atoms with Crippen molar-refractivity contribution in [3.8, 4) is 34.8 Å². The molecule has 1 heterocycles. The van der Waals surface area contributed by atoms with Crippen LogP contribution in [0.25, 0.3) is 11.1 Å². The predicted octanol–water partition coefficient (Wildman–Crippen LogP) is 16.4. The summed E-state index contributed by atoms with van der Waals surface area (Å²) in [6, 6.07) is 27.5. The Labute approximate surface area is 462 Å². The van der Waals surface area contributed by atoms with Gasteiger partial charge in [0.15, 0.2) is 0 Å². The molecule has 69 heavy (non-hydrogen) atoms. The van der Waals surface area contributed by atoms with Crippen LogP contribution in [-0.4, -0.2) is 80.5 Å². The van der Waals surface area contributed by atoms with Crippen LogP contribution in [0.4, 0.5) is 11.4 Å². The number of hydrogen-bond donors (Lipinski definition) is 1. The SMILES string of the molecule is CCP(CC)CC.CC[PH+](CC)CC.CC[PH+](CC)CC.CC[PH+](CC)CC.[C+]#Cc1ccc2c(c1)-c1cc(C#[C-])ccc1[NH+]2CCCC.[C]#Cc1ccc(C)cc1.[C]#Cc1ccc(C)cc1.[Pt].[Pt]. The van der Waals surface area contributed by atoms with Crippen molar-refractivity contribution in [3.63, 3.8) is 0 Å². The van der Waals surface area contributed by atoms with Gasteiger partial charge in [0.25, 0.3) is 0 Å². The van der Waals surface area contributed by atoms with E-state index in [4.69, 9.17) is 25.7 Å². The summed E-state index contributed by atoms with van der Waals surface area (Å²) in [6.45, 7) is 34.9. The van der Waals surface area contributed by atoms with Crippen LogP contribution in [-0.2, 0) is 42.1 Å². The van der Waals surface area contributed by atoms with Gasteiger partial charge < -0.3 is 0 Å². The number of hydrogen-bond acceptors (Lipinski definition) is 0. The van der Waals surface area contributed by atoms with Crippen LogP contribution in [0, 0.1) is 63.2 Å². The Morgan fingerprint density at radius 3 is 1.03 bits per heavy atom. The Kier molecular flexibility index (Phi) is 52.1. The van der Waals surface area contributed by atoms with Gasteiger partial charge in [-0.05, 0) is 156 Å². The summed E-state index contributed by atoms with van der Waals surface area (Å²) in [5.74, 6) is 9.53. The van der Waals surface area contributed by atoms with Gasteiger partial charge in [-0.25, -0.2) is 0 Å². The van der Waals surface area contributed by atoms with Crippen LogP contribution in [0.2, 0.25) is 0 Å². The van der Waals surface area contributed by atoms with Crippen molar-refractivity contribution in [3.05, 3.63) is 144 Å². The second-order valence-electron chi connectivity index (χ2n) is 16.4. The molecule has 0 unspecified atom stereocenters. The summed E-state index contributed by atoms with van der Waals surface area (Å²) < 4.78 is 0. The molecule has 4 aromatic carbocycles. The summed E-state index contributed by atoms with van der Waals surface area (Å²) in [4.78, 5) is 1.38. The fourth-order valence-electron chi connectivity index (χ4n) is 7.18. The average molecular weight is 1370 g/mol. The molecule has 1 nitrogen and oxygen atoms in total. The summed E-state index contributed by atoms with van der Waals surface area (Å²) in [5.41, 5.74) is 10.5. The molecule has 5 rings (SSSR count). The predicted molar refractivity (Wildman–Crippen MR) is 318 cm³/mol. The summed E-state index contributed by atoms with van der Waals surface area (Å²) >= 11 is 0. The van der Waals surface area contributed by atoms with Gasteiger partial charge in [0.05, 0.1) is 55.5 Å². The van der Waals surface area contributed by atoms with E-state index in [-0.39, 0.29) is 65.9 Å². The first-order chi connectivity index (χ1) is 32.3. The second-order valence-corrected chi connectivity index (χ2v) is 30.5. The van der Waals surface area contributed by atoms with Crippen molar-refractivity contribution >= 4 is 43.1 Å². The Morgan fingerprint density at radius 2 is 0.797 bits per heavy atom. The summed E-state index contributed by atoms with van der Waals surface area (Å²) in [6.07, 6.45) is 47.9. The molecule has 1 aliphatic heterocycles. The fourth-order valence-corrected chi connectivity index (χ4v) is 13.0. The minimum atomic E-state index is 0. The first-order valence-electron chi connectivity index (χ1n) is 25.5. The van der Waals surface area contributed by atoms with Gasteiger partial charge in [-0.1, -0.05) is 68.0 Å². The average Bonchev–Trinajstić information content (AvgIpc) is 3.68. The van der Waals surface area contributed by atoms with Gasteiger partial charge in [-0.2, -0.15) is 0 Å². The van der Waals surface area contributed by atoms with Crippen LogP contribution in [0.5, 0.6) is 0 Å². The molecule has 2 radical (unpaired) electrons. The van der Waals surface area contributed by atoms with E-state index in [1.54, 1.807) is 0 Å². The molecule has 0 amide bonds. The Bertz CT molecular complexity index is 1810. The molecule has 7 heteroatoms. The zero-order valence-electron chi connectivity index (χ0n) is 45.8. The third-order valence-corrected chi connectivity index (χ3v) is 24.0. The molecule has 0 saturated carbocycles. The molecule has 1 N–H and O–H groups in total. The van der Waals surface area contributed by atoms with Crippen molar-refractivity contribution < 1.29 is 47.0 Å². The van der Waals surface area contributed by atoms with Crippen LogP contribution < -0.4 is 4.90 Å². The van der Waals surface area contributed by atoms with E-state index in [0.29, 0.717) is 7.92 Å². The molecule has 0 saturated heterocycles. The number of rotatable bonds is 15. The quantitative estimate of drug-likeness (QED) is 0.0687. The van der Waals surface area contributed by atoms with Gasteiger partial charge >= 0.3 is 126 Å². The van der Waals surface area contributed by atoms with Crippen LogP contribution in [0.3, 0.4) is 0 Å². The van der Waals surface area contributed by atoms with E-state index in [1.165, 1.54) is 114 Å². The van der Waals surface area contributed by atoms with Crippen molar-refractivity contribution in [1.82, 2.24) is 0 Å². The van der Waals surface area contributed by atoms with E-state index in [9.17, 15) is 0 Å². The zero-order valence-corrected chi connectivity index (χ0v) is 54.2. The number of quaternary nitrogens is 1. The molecule has 382 valence electrons. The standard InChI is InChI=1S/C20H15N.2C9H7.4C6H15P.2Pt/c1-4-7-12-21-19-10-8-15(5-2)13-17(19)18-14-16(6-3)9-11-20(18)21;2*1-3-9-6-4-8(2)5-7-9;4*1-4-7(5-2)6-3;;/h8-11,13-14H,4,7,12H2,1H3;2*4-7H,2H3;4*4-6H2,1-3H3;;/p+4. The summed E-state index contributed by atoms with van der Waals surface area (Å²) in [7, 11) is 0.858. The van der Waals surface area contributed by atoms with E-state index in [1.807, 2.05) is 86.6 Å². The van der Waals surface area contributed by atoms with Gasteiger partial charge in [0, 0.05) is 53.3 Å². The largest absolute Gasteiger partial charge is 0.0581 e. The van der Waals surface area contributed by atoms with Crippen LogP contribution >= 0.6 is 31.7 Å².